The van der Waals surface area contributed by atoms with Crippen molar-refractivity contribution < 1.29 is 22.7 Å². The number of aryl methyl sites for hydroxylation is 2. The van der Waals surface area contributed by atoms with Crippen molar-refractivity contribution in [3.8, 4) is 11.5 Å². The molecule has 0 aliphatic rings. The average Bonchev–Trinajstić information content (AvgIpc) is 2.74. The molecule has 0 fully saturated rings. The van der Waals surface area contributed by atoms with Crippen LogP contribution in [0.25, 0.3) is 0 Å². The summed E-state index contributed by atoms with van der Waals surface area (Å²) < 4.78 is 39.1. The van der Waals surface area contributed by atoms with Gasteiger partial charge in [-0.2, -0.15) is 0 Å². The number of methoxy groups -OCH3 is 1. The van der Waals surface area contributed by atoms with E-state index in [1.807, 2.05) is 26.0 Å². The van der Waals surface area contributed by atoms with Gasteiger partial charge in [0.25, 0.3) is 15.9 Å². The lowest BCUT2D eigenvalue weighted by molar-refractivity contribution is -0.118. The molecule has 0 aromatic heterocycles. The number of hydrogen-bond acceptors (Lipinski definition) is 5. The lowest BCUT2D eigenvalue weighted by Crippen LogP contribution is -2.21. The van der Waals surface area contributed by atoms with Crippen LogP contribution >= 0.6 is 11.6 Å². The third-order valence-corrected chi connectivity index (χ3v) is 6.26. The SMILES string of the molecule is COc1ccc(NC(=O)COc2ccc(C)cc2C)cc1S(=O)(=O)Nc1ccccc1Cl. The first-order valence-electron chi connectivity index (χ1n) is 9.65. The zero-order valence-corrected chi connectivity index (χ0v) is 19.4. The smallest absolute Gasteiger partial charge is 0.265 e. The summed E-state index contributed by atoms with van der Waals surface area (Å²) in [6.07, 6.45) is 0. The molecular weight excluding hydrogens is 452 g/mol. The minimum atomic E-state index is -4.04. The Bertz CT molecular complexity index is 1240. The Kier molecular flexibility index (Phi) is 7.27. The Labute approximate surface area is 192 Å². The van der Waals surface area contributed by atoms with E-state index in [-0.39, 0.29) is 33.6 Å². The van der Waals surface area contributed by atoms with E-state index < -0.39 is 15.9 Å². The zero-order valence-electron chi connectivity index (χ0n) is 17.8. The molecule has 168 valence electrons. The summed E-state index contributed by atoms with van der Waals surface area (Å²) in [5, 5.41) is 2.90. The van der Waals surface area contributed by atoms with E-state index in [1.54, 1.807) is 36.4 Å². The number of carbonyl (C=O) groups is 1. The Morgan fingerprint density at radius 1 is 1.00 bits per heavy atom. The molecule has 0 aliphatic heterocycles. The van der Waals surface area contributed by atoms with Crippen molar-refractivity contribution in [3.05, 3.63) is 76.8 Å². The average molecular weight is 475 g/mol. The number of amides is 1. The second-order valence-electron chi connectivity index (χ2n) is 7.06. The van der Waals surface area contributed by atoms with Crippen LogP contribution in [0.2, 0.25) is 5.02 Å². The fourth-order valence-electron chi connectivity index (χ4n) is 3.01. The van der Waals surface area contributed by atoms with E-state index >= 15 is 0 Å². The van der Waals surface area contributed by atoms with Gasteiger partial charge in [-0.3, -0.25) is 9.52 Å². The fourth-order valence-corrected chi connectivity index (χ4v) is 4.52. The number of hydrogen-bond donors (Lipinski definition) is 2. The van der Waals surface area contributed by atoms with Crippen LogP contribution in [0.5, 0.6) is 11.5 Å². The van der Waals surface area contributed by atoms with Gasteiger partial charge in [0, 0.05) is 5.69 Å². The van der Waals surface area contributed by atoms with Crippen LogP contribution in [0.4, 0.5) is 11.4 Å². The van der Waals surface area contributed by atoms with Crippen molar-refractivity contribution in [1.82, 2.24) is 0 Å². The highest BCUT2D eigenvalue weighted by molar-refractivity contribution is 7.92. The molecule has 0 saturated heterocycles. The van der Waals surface area contributed by atoms with Crippen LogP contribution in [0.3, 0.4) is 0 Å². The maximum absolute atomic E-state index is 13.0. The predicted molar refractivity (Wildman–Crippen MR) is 125 cm³/mol. The molecule has 0 aliphatic carbocycles. The number of carbonyl (C=O) groups excluding carboxylic acids is 1. The number of ether oxygens (including phenoxy) is 2. The highest BCUT2D eigenvalue weighted by atomic mass is 35.5. The molecular formula is C23H23ClN2O5S. The quantitative estimate of drug-likeness (QED) is 0.490. The number of benzene rings is 3. The van der Waals surface area contributed by atoms with Crippen molar-refractivity contribution >= 4 is 38.9 Å². The molecule has 0 atom stereocenters. The highest BCUT2D eigenvalue weighted by Gasteiger charge is 2.22. The zero-order chi connectivity index (χ0) is 23.3. The molecule has 3 aromatic rings. The van der Waals surface area contributed by atoms with Gasteiger partial charge in [-0.15, -0.1) is 0 Å². The van der Waals surface area contributed by atoms with Gasteiger partial charge >= 0.3 is 0 Å². The van der Waals surface area contributed by atoms with E-state index in [0.717, 1.165) is 11.1 Å². The Morgan fingerprint density at radius 3 is 2.41 bits per heavy atom. The topological polar surface area (TPSA) is 93.7 Å². The first-order valence-corrected chi connectivity index (χ1v) is 11.5. The summed E-state index contributed by atoms with van der Waals surface area (Å²) >= 11 is 6.07. The van der Waals surface area contributed by atoms with Crippen molar-refractivity contribution in [1.29, 1.82) is 0 Å². The minimum Gasteiger partial charge on any atom is -0.495 e. The van der Waals surface area contributed by atoms with Gasteiger partial charge in [-0.1, -0.05) is 41.4 Å². The molecule has 1 amide bonds. The standard InChI is InChI=1S/C23H23ClN2O5S/c1-15-8-10-20(16(2)12-15)31-14-23(27)25-17-9-11-21(30-3)22(13-17)32(28,29)26-19-7-5-4-6-18(19)24/h4-13,26H,14H2,1-3H3,(H,25,27). The first kappa shape index (κ1) is 23.4. The van der Waals surface area contributed by atoms with Gasteiger partial charge in [0.05, 0.1) is 17.8 Å². The van der Waals surface area contributed by atoms with Crippen molar-refractivity contribution in [2.75, 3.05) is 23.8 Å². The molecule has 3 rings (SSSR count). The third-order valence-electron chi connectivity index (χ3n) is 4.54. The van der Waals surface area contributed by atoms with Gasteiger partial charge in [-0.05, 0) is 55.8 Å². The molecule has 0 unspecified atom stereocenters. The number of anilines is 2. The van der Waals surface area contributed by atoms with E-state index in [4.69, 9.17) is 21.1 Å². The van der Waals surface area contributed by atoms with Crippen LogP contribution in [-0.2, 0) is 14.8 Å². The molecule has 2 N–H and O–H groups in total. The van der Waals surface area contributed by atoms with E-state index in [9.17, 15) is 13.2 Å². The van der Waals surface area contributed by atoms with E-state index in [1.165, 1.54) is 19.2 Å². The summed E-state index contributed by atoms with van der Waals surface area (Å²) in [6, 6.07) is 16.4. The van der Waals surface area contributed by atoms with Crippen LogP contribution in [0, 0.1) is 13.8 Å². The number of rotatable bonds is 8. The lowest BCUT2D eigenvalue weighted by Gasteiger charge is -2.14. The molecule has 0 saturated carbocycles. The molecule has 0 radical (unpaired) electrons. The second-order valence-corrected chi connectivity index (χ2v) is 9.11. The van der Waals surface area contributed by atoms with Crippen LogP contribution in [-0.4, -0.2) is 28.0 Å². The molecule has 0 heterocycles. The fraction of sp³-hybridized carbons (Fsp3) is 0.174. The van der Waals surface area contributed by atoms with Gasteiger partial charge in [0.2, 0.25) is 0 Å². The molecule has 32 heavy (non-hydrogen) atoms. The van der Waals surface area contributed by atoms with Crippen LogP contribution in [0.15, 0.2) is 65.6 Å². The van der Waals surface area contributed by atoms with Crippen molar-refractivity contribution in [2.45, 2.75) is 18.7 Å². The summed E-state index contributed by atoms with van der Waals surface area (Å²) in [5.74, 6) is 0.291. The number of sulfonamides is 1. The molecule has 0 bridgehead atoms. The normalized spacial score (nSPS) is 11.0. The van der Waals surface area contributed by atoms with Crippen molar-refractivity contribution in [2.24, 2.45) is 0 Å². The number of halogens is 1. The maximum Gasteiger partial charge on any atom is 0.265 e. The molecule has 9 heteroatoms. The Balaban J connectivity index is 1.76. The monoisotopic (exact) mass is 474 g/mol. The largest absolute Gasteiger partial charge is 0.495 e. The van der Waals surface area contributed by atoms with E-state index in [2.05, 4.69) is 10.0 Å². The van der Waals surface area contributed by atoms with E-state index in [0.29, 0.717) is 5.75 Å². The molecule has 7 nitrogen and oxygen atoms in total. The predicted octanol–water partition coefficient (Wildman–Crippen LogP) is 4.78. The number of nitrogens with one attached hydrogen (secondary N) is 2. The lowest BCUT2D eigenvalue weighted by atomic mass is 10.1. The van der Waals surface area contributed by atoms with Crippen molar-refractivity contribution in [3.63, 3.8) is 0 Å². The second kappa shape index (κ2) is 9.93. The Morgan fingerprint density at radius 2 is 1.72 bits per heavy atom. The minimum absolute atomic E-state index is 0.120. The van der Waals surface area contributed by atoms with Gasteiger partial charge in [0.15, 0.2) is 6.61 Å². The Hall–Kier alpha value is -3.23. The first-order chi connectivity index (χ1) is 15.2. The third kappa shape index (κ3) is 5.72. The highest BCUT2D eigenvalue weighted by Crippen LogP contribution is 2.31. The van der Waals surface area contributed by atoms with Gasteiger partial charge in [-0.25, -0.2) is 8.42 Å². The van der Waals surface area contributed by atoms with Gasteiger partial charge in [0.1, 0.15) is 16.4 Å². The summed E-state index contributed by atoms with van der Waals surface area (Å²) in [4.78, 5) is 12.2. The maximum atomic E-state index is 13.0. The summed E-state index contributed by atoms with van der Waals surface area (Å²) in [7, 11) is -2.68. The van der Waals surface area contributed by atoms with Gasteiger partial charge < -0.3 is 14.8 Å². The molecule has 0 spiro atoms. The van der Waals surface area contributed by atoms with Crippen LogP contribution < -0.4 is 19.5 Å². The summed E-state index contributed by atoms with van der Waals surface area (Å²) in [5.41, 5.74) is 2.52. The molecule has 3 aromatic carbocycles. The number of para-hydroxylation sites is 1. The van der Waals surface area contributed by atoms with Crippen LogP contribution in [0.1, 0.15) is 11.1 Å². The summed E-state index contributed by atoms with van der Waals surface area (Å²) in [6.45, 7) is 3.64.